The fraction of sp³-hybridized carbons (Fsp3) is 0.562. The van der Waals surface area contributed by atoms with Crippen molar-refractivity contribution in [3.63, 3.8) is 0 Å². The van der Waals surface area contributed by atoms with Crippen LogP contribution in [0.4, 0.5) is 5.69 Å². The quantitative estimate of drug-likeness (QED) is 0.933. The average Bonchev–Trinajstić information content (AvgIpc) is 2.98. The molecule has 1 N–H and O–H groups in total. The molecule has 21 heavy (non-hydrogen) atoms. The van der Waals surface area contributed by atoms with Crippen LogP contribution in [-0.4, -0.2) is 37.7 Å². The second-order valence-electron chi connectivity index (χ2n) is 5.72. The van der Waals surface area contributed by atoms with Crippen LogP contribution in [0.15, 0.2) is 24.3 Å². The Bertz CT molecular complexity index is 486. The summed E-state index contributed by atoms with van der Waals surface area (Å²) in [4.78, 5) is 14.7. The molecular weight excluding hydrogens is 288 g/mol. The summed E-state index contributed by atoms with van der Waals surface area (Å²) in [6.07, 6.45) is 3.80. The number of benzene rings is 1. The summed E-state index contributed by atoms with van der Waals surface area (Å²) >= 11 is 5.94. The lowest BCUT2D eigenvalue weighted by atomic mass is 10.1. The van der Waals surface area contributed by atoms with Gasteiger partial charge in [-0.1, -0.05) is 11.6 Å². The second kappa shape index (κ2) is 6.67. The molecule has 1 aromatic carbocycles. The van der Waals surface area contributed by atoms with E-state index in [1.54, 1.807) is 0 Å². The fourth-order valence-electron chi connectivity index (χ4n) is 3.12. The zero-order valence-electron chi connectivity index (χ0n) is 12.1. The summed E-state index contributed by atoms with van der Waals surface area (Å²) in [5.41, 5.74) is 1.07. The molecule has 0 unspecified atom stereocenters. The molecule has 0 bridgehead atoms. The van der Waals surface area contributed by atoms with Crippen LogP contribution in [0.5, 0.6) is 0 Å². The maximum Gasteiger partial charge on any atom is 0.242 e. The highest BCUT2D eigenvalue weighted by Crippen LogP contribution is 2.27. The molecule has 2 saturated heterocycles. The molecule has 2 heterocycles. The van der Waals surface area contributed by atoms with Gasteiger partial charge < -0.3 is 15.0 Å². The summed E-state index contributed by atoms with van der Waals surface area (Å²) in [6.45, 7) is 2.42. The number of rotatable bonds is 3. The first-order chi connectivity index (χ1) is 10.2. The first-order valence-electron chi connectivity index (χ1n) is 7.64. The van der Waals surface area contributed by atoms with Crippen molar-refractivity contribution < 1.29 is 9.53 Å². The number of amides is 1. The number of halogens is 1. The van der Waals surface area contributed by atoms with Crippen molar-refractivity contribution in [3.05, 3.63) is 29.3 Å². The van der Waals surface area contributed by atoms with Crippen LogP contribution in [0.25, 0.3) is 0 Å². The molecule has 1 amide bonds. The maximum absolute atomic E-state index is 12.5. The summed E-state index contributed by atoms with van der Waals surface area (Å²) in [6, 6.07) is 7.93. The summed E-state index contributed by atoms with van der Waals surface area (Å²) in [5, 5.41) is 3.91. The molecule has 2 aliphatic rings. The van der Waals surface area contributed by atoms with E-state index in [0.29, 0.717) is 0 Å². The predicted molar refractivity (Wildman–Crippen MR) is 83.8 cm³/mol. The van der Waals surface area contributed by atoms with Gasteiger partial charge in [0.15, 0.2) is 0 Å². The number of carbonyl (C=O) groups is 1. The molecule has 1 aromatic rings. The zero-order valence-corrected chi connectivity index (χ0v) is 12.8. The van der Waals surface area contributed by atoms with Crippen molar-refractivity contribution >= 4 is 23.2 Å². The first kappa shape index (κ1) is 14.7. The summed E-state index contributed by atoms with van der Waals surface area (Å²) in [5.74, 6) is 0.148. The van der Waals surface area contributed by atoms with E-state index in [1.807, 2.05) is 24.3 Å². The number of anilines is 1. The van der Waals surface area contributed by atoms with Crippen LogP contribution >= 0.6 is 11.6 Å². The van der Waals surface area contributed by atoms with E-state index >= 15 is 0 Å². The molecule has 114 valence electrons. The van der Waals surface area contributed by atoms with Crippen LogP contribution < -0.4 is 10.2 Å². The largest absolute Gasteiger partial charge is 0.381 e. The van der Waals surface area contributed by atoms with Gasteiger partial charge in [0.25, 0.3) is 0 Å². The Morgan fingerprint density at radius 1 is 1.19 bits per heavy atom. The maximum atomic E-state index is 12.5. The van der Waals surface area contributed by atoms with Gasteiger partial charge in [0.05, 0.1) is 0 Å². The average molecular weight is 309 g/mol. The van der Waals surface area contributed by atoms with E-state index in [2.05, 4.69) is 10.2 Å². The molecule has 1 atom stereocenters. The molecule has 0 aliphatic carbocycles. The van der Waals surface area contributed by atoms with Crippen molar-refractivity contribution in [1.29, 1.82) is 0 Å². The summed E-state index contributed by atoms with van der Waals surface area (Å²) < 4.78 is 5.33. The van der Waals surface area contributed by atoms with E-state index in [1.165, 1.54) is 0 Å². The van der Waals surface area contributed by atoms with Gasteiger partial charge in [-0.25, -0.2) is 0 Å². The highest BCUT2D eigenvalue weighted by molar-refractivity contribution is 6.30. The van der Waals surface area contributed by atoms with Gasteiger partial charge >= 0.3 is 0 Å². The first-order valence-corrected chi connectivity index (χ1v) is 8.02. The highest BCUT2D eigenvalue weighted by atomic mass is 35.5. The molecule has 0 radical (unpaired) electrons. The lowest BCUT2D eigenvalue weighted by Gasteiger charge is -2.29. The molecule has 5 heteroatoms. The number of hydrogen-bond acceptors (Lipinski definition) is 3. The van der Waals surface area contributed by atoms with Gasteiger partial charge in [-0.05, 0) is 49.9 Å². The topological polar surface area (TPSA) is 41.6 Å². The lowest BCUT2D eigenvalue weighted by molar-refractivity contribution is -0.123. The zero-order chi connectivity index (χ0) is 14.7. The Morgan fingerprint density at radius 3 is 2.62 bits per heavy atom. The minimum Gasteiger partial charge on any atom is -0.381 e. The van der Waals surface area contributed by atoms with E-state index in [9.17, 15) is 4.79 Å². The molecular formula is C16H21ClN2O2. The van der Waals surface area contributed by atoms with Crippen molar-refractivity contribution in [3.8, 4) is 0 Å². The van der Waals surface area contributed by atoms with Crippen LogP contribution in [0, 0.1) is 0 Å². The van der Waals surface area contributed by atoms with E-state index in [-0.39, 0.29) is 18.0 Å². The van der Waals surface area contributed by atoms with Crippen LogP contribution in [0.2, 0.25) is 5.02 Å². The van der Waals surface area contributed by atoms with Crippen LogP contribution in [-0.2, 0) is 9.53 Å². The third kappa shape index (κ3) is 3.50. The minimum atomic E-state index is -0.0611. The van der Waals surface area contributed by atoms with E-state index in [0.717, 1.165) is 56.2 Å². The third-order valence-corrected chi connectivity index (χ3v) is 4.53. The normalized spacial score (nSPS) is 23.3. The number of carbonyl (C=O) groups excluding carboxylic acids is 1. The smallest absolute Gasteiger partial charge is 0.242 e. The van der Waals surface area contributed by atoms with Crippen molar-refractivity contribution in [2.75, 3.05) is 24.7 Å². The Hall–Kier alpha value is -1.26. The van der Waals surface area contributed by atoms with Gasteiger partial charge in [0.2, 0.25) is 5.91 Å². The van der Waals surface area contributed by atoms with Crippen molar-refractivity contribution in [1.82, 2.24) is 5.32 Å². The Balaban J connectivity index is 1.65. The monoisotopic (exact) mass is 308 g/mol. The van der Waals surface area contributed by atoms with Crippen LogP contribution in [0.3, 0.4) is 0 Å². The summed E-state index contributed by atoms with van der Waals surface area (Å²) in [7, 11) is 0. The molecule has 3 rings (SSSR count). The third-order valence-electron chi connectivity index (χ3n) is 4.28. The molecule has 2 aliphatic heterocycles. The standard InChI is InChI=1S/C16H21ClN2O2/c17-12-3-5-14(6-4-12)19-9-1-2-15(19)16(20)18-13-7-10-21-11-8-13/h3-6,13,15H,1-2,7-11H2,(H,18,20)/t15-/m0/s1. The number of ether oxygens (including phenoxy) is 1. The molecule has 0 saturated carbocycles. The van der Waals surface area contributed by atoms with Crippen LogP contribution in [0.1, 0.15) is 25.7 Å². The highest BCUT2D eigenvalue weighted by Gasteiger charge is 2.32. The number of nitrogens with zero attached hydrogens (tertiary/aromatic N) is 1. The van der Waals surface area contributed by atoms with Gasteiger partial charge in [-0.3, -0.25) is 4.79 Å². The van der Waals surface area contributed by atoms with Crippen molar-refractivity contribution in [2.45, 2.75) is 37.8 Å². The Labute approximate surface area is 130 Å². The molecule has 0 spiro atoms. The Morgan fingerprint density at radius 2 is 1.90 bits per heavy atom. The van der Waals surface area contributed by atoms with E-state index in [4.69, 9.17) is 16.3 Å². The Kier molecular flexibility index (Phi) is 4.66. The number of hydrogen-bond donors (Lipinski definition) is 1. The predicted octanol–water partition coefficient (Wildman–Crippen LogP) is 2.60. The SMILES string of the molecule is O=C(NC1CCOCC1)[C@@H]1CCCN1c1ccc(Cl)cc1. The van der Waals surface area contributed by atoms with Crippen molar-refractivity contribution in [2.24, 2.45) is 0 Å². The van der Waals surface area contributed by atoms with Gasteiger partial charge in [0.1, 0.15) is 6.04 Å². The molecule has 0 aromatic heterocycles. The lowest BCUT2D eigenvalue weighted by Crippen LogP contribution is -2.48. The second-order valence-corrected chi connectivity index (χ2v) is 6.16. The minimum absolute atomic E-state index is 0.0611. The van der Waals surface area contributed by atoms with Gasteiger partial charge in [-0.2, -0.15) is 0 Å². The van der Waals surface area contributed by atoms with Gasteiger partial charge in [-0.15, -0.1) is 0 Å². The molecule has 4 nitrogen and oxygen atoms in total. The van der Waals surface area contributed by atoms with E-state index < -0.39 is 0 Å². The molecule has 2 fully saturated rings. The van der Waals surface area contributed by atoms with Gasteiger partial charge in [0, 0.05) is 36.5 Å². The fourth-order valence-corrected chi connectivity index (χ4v) is 3.25. The number of nitrogens with one attached hydrogen (secondary N) is 1.